The van der Waals surface area contributed by atoms with Crippen LogP contribution in [0.5, 0.6) is 0 Å². The number of pyridine rings is 1. The number of carbonyl (C=O) groups excluding carboxylic acids is 1. The Labute approximate surface area is 186 Å². The fraction of sp³-hybridized carbons (Fsp3) is 0.333. The van der Waals surface area contributed by atoms with Crippen molar-refractivity contribution in [3.63, 3.8) is 0 Å². The van der Waals surface area contributed by atoms with Gasteiger partial charge in [0.15, 0.2) is 0 Å². The number of rotatable bonds is 6. The summed E-state index contributed by atoms with van der Waals surface area (Å²) in [5.41, 5.74) is 9.18. The van der Waals surface area contributed by atoms with Crippen LogP contribution in [0.3, 0.4) is 0 Å². The molecule has 3 heterocycles. The minimum absolute atomic E-state index is 0.0385. The minimum Gasteiger partial charge on any atom is -0.383 e. The highest BCUT2D eigenvalue weighted by Gasteiger charge is 2.14. The number of nitrogens with zero attached hydrogens (tertiary/aromatic N) is 3. The Morgan fingerprint density at radius 2 is 2.10 bits per heavy atom. The Hall–Kier alpha value is -2.74. The van der Waals surface area contributed by atoms with Crippen LogP contribution in [0.25, 0.3) is 16.2 Å². The lowest BCUT2D eigenvalue weighted by Crippen LogP contribution is -2.35. The van der Waals surface area contributed by atoms with E-state index in [-0.39, 0.29) is 5.91 Å². The lowest BCUT2D eigenvalue weighted by molar-refractivity contribution is -0.125. The summed E-state index contributed by atoms with van der Waals surface area (Å²) in [5, 5.41) is 1.26. The van der Waals surface area contributed by atoms with Gasteiger partial charge in [-0.1, -0.05) is 18.2 Å². The van der Waals surface area contributed by atoms with Gasteiger partial charge in [-0.15, -0.1) is 11.3 Å². The molecule has 0 aliphatic carbocycles. The van der Waals surface area contributed by atoms with Crippen molar-refractivity contribution in [2.45, 2.75) is 20.0 Å². The van der Waals surface area contributed by atoms with E-state index in [2.05, 4.69) is 35.0 Å². The number of ether oxygens (including phenoxy) is 1. The van der Waals surface area contributed by atoms with Crippen LogP contribution in [0.2, 0.25) is 0 Å². The maximum absolute atomic E-state index is 12.7. The van der Waals surface area contributed by atoms with Crippen LogP contribution in [0.1, 0.15) is 21.6 Å². The van der Waals surface area contributed by atoms with Gasteiger partial charge < -0.3 is 15.4 Å². The average Bonchev–Trinajstić information content (AvgIpc) is 3.10. The first kappa shape index (κ1) is 21.5. The molecule has 7 heteroatoms. The molecule has 1 amide bonds. The molecule has 1 aliphatic rings. The summed E-state index contributed by atoms with van der Waals surface area (Å²) in [6, 6.07) is 10.4. The van der Waals surface area contributed by atoms with Crippen LogP contribution >= 0.6 is 11.3 Å². The average molecular weight is 437 g/mol. The SMILES string of the molecule is Cc1c(CN(C)C(=O)C=Cc2cnc(N)c(CN3CCOCC3)c2)sc2ccccc12. The molecule has 162 valence electrons. The molecule has 31 heavy (non-hydrogen) atoms. The smallest absolute Gasteiger partial charge is 0.246 e. The zero-order chi connectivity index (χ0) is 21.8. The van der Waals surface area contributed by atoms with E-state index < -0.39 is 0 Å². The molecule has 0 bridgehead atoms. The molecule has 1 saturated heterocycles. The van der Waals surface area contributed by atoms with Crippen molar-refractivity contribution in [2.24, 2.45) is 0 Å². The number of fused-ring (bicyclic) bond motifs is 1. The van der Waals surface area contributed by atoms with E-state index in [1.165, 1.54) is 20.5 Å². The third kappa shape index (κ3) is 5.12. The summed E-state index contributed by atoms with van der Waals surface area (Å²) in [6.45, 7) is 6.72. The first-order valence-electron chi connectivity index (χ1n) is 10.5. The van der Waals surface area contributed by atoms with E-state index in [4.69, 9.17) is 10.5 Å². The van der Waals surface area contributed by atoms with E-state index in [0.29, 0.717) is 12.4 Å². The molecular formula is C24H28N4O2S. The van der Waals surface area contributed by atoms with Gasteiger partial charge in [0, 0.05) is 54.1 Å². The fourth-order valence-electron chi connectivity index (χ4n) is 3.72. The Balaban J connectivity index is 1.41. The summed E-state index contributed by atoms with van der Waals surface area (Å²) in [4.78, 5) is 22.3. The number of amides is 1. The third-order valence-electron chi connectivity index (χ3n) is 5.64. The number of nitrogens with two attached hydrogens (primary N) is 1. The summed E-state index contributed by atoms with van der Waals surface area (Å²) in [7, 11) is 1.83. The van der Waals surface area contributed by atoms with Crippen molar-refractivity contribution >= 4 is 39.2 Å². The molecule has 1 aliphatic heterocycles. The molecule has 0 saturated carbocycles. The second kappa shape index (κ2) is 9.60. The Kier molecular flexibility index (Phi) is 6.65. The molecule has 2 aromatic heterocycles. The van der Waals surface area contributed by atoms with Crippen molar-refractivity contribution in [3.8, 4) is 0 Å². The van der Waals surface area contributed by atoms with Gasteiger partial charge in [0.25, 0.3) is 0 Å². The lowest BCUT2D eigenvalue weighted by Gasteiger charge is -2.26. The second-order valence-electron chi connectivity index (χ2n) is 7.88. The molecule has 1 fully saturated rings. The first-order valence-corrected chi connectivity index (χ1v) is 11.3. The number of aromatic nitrogens is 1. The standard InChI is InChI=1S/C24H28N4O2S/c1-17-20-5-3-4-6-21(20)31-22(17)16-27(2)23(29)8-7-18-13-19(24(25)26-14-18)15-28-9-11-30-12-10-28/h3-8,13-14H,9-12,15-16H2,1-2H3,(H2,25,26). The maximum atomic E-state index is 12.7. The van der Waals surface area contributed by atoms with E-state index in [0.717, 1.165) is 44.0 Å². The quantitative estimate of drug-likeness (QED) is 0.597. The summed E-state index contributed by atoms with van der Waals surface area (Å²) in [6.07, 6.45) is 5.12. The topological polar surface area (TPSA) is 71.7 Å². The molecule has 0 unspecified atom stereocenters. The fourth-order valence-corrected chi connectivity index (χ4v) is 4.99. The van der Waals surface area contributed by atoms with Gasteiger partial charge in [-0.3, -0.25) is 9.69 Å². The molecule has 3 aromatic rings. The highest BCUT2D eigenvalue weighted by atomic mass is 32.1. The van der Waals surface area contributed by atoms with E-state index in [9.17, 15) is 4.79 Å². The minimum atomic E-state index is -0.0385. The van der Waals surface area contributed by atoms with Gasteiger partial charge in [0.2, 0.25) is 5.91 Å². The number of nitrogen functional groups attached to an aromatic ring is 1. The van der Waals surface area contributed by atoms with Gasteiger partial charge in [-0.05, 0) is 41.6 Å². The molecule has 0 radical (unpaired) electrons. The number of anilines is 1. The largest absolute Gasteiger partial charge is 0.383 e. The van der Waals surface area contributed by atoms with Crippen molar-refractivity contribution in [3.05, 3.63) is 64.2 Å². The third-order valence-corrected chi connectivity index (χ3v) is 6.90. The number of morpholine rings is 1. The summed E-state index contributed by atoms with van der Waals surface area (Å²) >= 11 is 1.75. The Morgan fingerprint density at radius 3 is 2.87 bits per heavy atom. The first-order chi connectivity index (χ1) is 15.0. The highest BCUT2D eigenvalue weighted by Crippen LogP contribution is 2.31. The highest BCUT2D eigenvalue weighted by molar-refractivity contribution is 7.19. The summed E-state index contributed by atoms with van der Waals surface area (Å²) < 4.78 is 6.66. The number of aryl methyl sites for hydroxylation is 1. The van der Waals surface area contributed by atoms with Crippen LogP contribution in [0.15, 0.2) is 42.6 Å². The van der Waals surface area contributed by atoms with Crippen LogP contribution in [-0.4, -0.2) is 54.0 Å². The number of thiophene rings is 1. The Bertz CT molecular complexity index is 1100. The summed E-state index contributed by atoms with van der Waals surface area (Å²) in [5.74, 6) is 0.496. The van der Waals surface area contributed by atoms with Crippen LogP contribution in [0.4, 0.5) is 5.82 Å². The number of hydrogen-bond acceptors (Lipinski definition) is 6. The van der Waals surface area contributed by atoms with Crippen molar-refractivity contribution < 1.29 is 9.53 Å². The van der Waals surface area contributed by atoms with Gasteiger partial charge in [-0.2, -0.15) is 0 Å². The van der Waals surface area contributed by atoms with Crippen LogP contribution in [-0.2, 0) is 22.6 Å². The van der Waals surface area contributed by atoms with E-state index in [1.54, 1.807) is 28.5 Å². The van der Waals surface area contributed by atoms with Crippen LogP contribution in [0, 0.1) is 6.92 Å². The van der Waals surface area contributed by atoms with Crippen molar-refractivity contribution in [1.29, 1.82) is 0 Å². The van der Waals surface area contributed by atoms with Gasteiger partial charge >= 0.3 is 0 Å². The lowest BCUT2D eigenvalue weighted by atomic mass is 10.1. The zero-order valence-electron chi connectivity index (χ0n) is 18.0. The predicted molar refractivity (Wildman–Crippen MR) is 127 cm³/mol. The van der Waals surface area contributed by atoms with Gasteiger partial charge in [0.1, 0.15) is 5.82 Å². The van der Waals surface area contributed by atoms with Crippen molar-refractivity contribution in [1.82, 2.24) is 14.8 Å². The molecule has 1 aromatic carbocycles. The molecule has 0 atom stereocenters. The normalized spacial score (nSPS) is 15.0. The molecule has 4 rings (SSSR count). The number of benzene rings is 1. The molecule has 6 nitrogen and oxygen atoms in total. The van der Waals surface area contributed by atoms with Crippen LogP contribution < -0.4 is 5.73 Å². The zero-order valence-corrected chi connectivity index (χ0v) is 18.8. The van der Waals surface area contributed by atoms with Gasteiger partial charge in [-0.25, -0.2) is 4.98 Å². The number of carbonyl (C=O) groups is 1. The molecule has 2 N–H and O–H groups in total. The van der Waals surface area contributed by atoms with E-state index in [1.807, 2.05) is 25.3 Å². The van der Waals surface area contributed by atoms with Gasteiger partial charge in [0.05, 0.1) is 19.8 Å². The predicted octanol–water partition coefficient (Wildman–Crippen LogP) is 3.69. The second-order valence-corrected chi connectivity index (χ2v) is 9.01. The molecule has 0 spiro atoms. The number of likely N-dealkylation sites (N-methyl/N-ethyl adjacent to an activating group) is 1. The molecular weight excluding hydrogens is 408 g/mol. The Morgan fingerprint density at radius 1 is 1.32 bits per heavy atom. The maximum Gasteiger partial charge on any atom is 0.246 e. The van der Waals surface area contributed by atoms with Crippen molar-refractivity contribution in [2.75, 3.05) is 39.1 Å². The number of hydrogen-bond donors (Lipinski definition) is 1. The monoisotopic (exact) mass is 436 g/mol. The van der Waals surface area contributed by atoms with E-state index >= 15 is 0 Å².